The largest absolute Gasteiger partial charge is 0.365 e. The van der Waals surface area contributed by atoms with Gasteiger partial charge in [0.2, 0.25) is 5.78 Å². The average Bonchev–Trinajstić information content (AvgIpc) is 3.49. The topological polar surface area (TPSA) is 112 Å². The van der Waals surface area contributed by atoms with E-state index in [1.54, 1.807) is 18.3 Å². The van der Waals surface area contributed by atoms with Crippen LogP contribution >= 0.6 is 22.9 Å². The number of nitrogens with one attached hydrogen (secondary N) is 1. The molecular formula is C26H25ClN6O3S. The molecule has 0 bridgehead atoms. The molecule has 0 spiro atoms. The fourth-order valence-electron chi connectivity index (χ4n) is 3.52. The van der Waals surface area contributed by atoms with Gasteiger partial charge < -0.3 is 9.88 Å². The summed E-state index contributed by atoms with van der Waals surface area (Å²) in [7, 11) is 0. The van der Waals surface area contributed by atoms with Gasteiger partial charge in [0, 0.05) is 40.4 Å². The summed E-state index contributed by atoms with van der Waals surface area (Å²) >= 11 is 7.49. The normalized spacial score (nSPS) is 11.4. The number of thiophene rings is 1. The van der Waals surface area contributed by atoms with Gasteiger partial charge in [0.05, 0.1) is 23.1 Å². The molecule has 9 nitrogen and oxygen atoms in total. The van der Waals surface area contributed by atoms with E-state index in [2.05, 4.69) is 27.0 Å². The van der Waals surface area contributed by atoms with Crippen LogP contribution in [0.3, 0.4) is 0 Å². The van der Waals surface area contributed by atoms with Crippen molar-refractivity contribution >= 4 is 46.5 Å². The number of hydrogen-bond donors (Lipinski definition) is 1. The van der Waals surface area contributed by atoms with E-state index in [1.165, 1.54) is 45.2 Å². The highest BCUT2D eigenvalue weighted by atomic mass is 35.5. The molecule has 4 heterocycles. The first-order valence-electron chi connectivity index (χ1n) is 11.4. The summed E-state index contributed by atoms with van der Waals surface area (Å²) in [6, 6.07) is 8.34. The van der Waals surface area contributed by atoms with E-state index in [4.69, 9.17) is 11.6 Å². The van der Waals surface area contributed by atoms with Crippen molar-refractivity contribution in [2.45, 2.75) is 33.9 Å². The van der Waals surface area contributed by atoms with E-state index in [9.17, 15) is 14.4 Å². The summed E-state index contributed by atoms with van der Waals surface area (Å²) in [5.74, 6) is -0.0608. The lowest BCUT2D eigenvalue weighted by Crippen LogP contribution is -2.29. The molecule has 1 N–H and O–H groups in total. The zero-order valence-electron chi connectivity index (χ0n) is 20.6. The van der Waals surface area contributed by atoms with Crippen LogP contribution in [0.2, 0.25) is 4.34 Å². The Morgan fingerprint density at radius 1 is 1.22 bits per heavy atom. The Morgan fingerprint density at radius 3 is 2.62 bits per heavy atom. The molecule has 4 aromatic rings. The fourth-order valence-corrected chi connectivity index (χ4v) is 4.55. The van der Waals surface area contributed by atoms with Gasteiger partial charge in [-0.15, -0.1) is 11.3 Å². The van der Waals surface area contributed by atoms with Gasteiger partial charge in [-0.3, -0.25) is 14.4 Å². The first-order chi connectivity index (χ1) is 17.6. The Labute approximate surface area is 222 Å². The first kappa shape index (κ1) is 26.2. The molecule has 0 aromatic carbocycles. The highest BCUT2D eigenvalue weighted by molar-refractivity contribution is 7.16. The highest BCUT2D eigenvalue weighted by Gasteiger charge is 2.27. The zero-order valence-corrected chi connectivity index (χ0v) is 22.1. The van der Waals surface area contributed by atoms with Crippen molar-refractivity contribution in [3.63, 3.8) is 0 Å². The van der Waals surface area contributed by atoms with Gasteiger partial charge in [-0.1, -0.05) is 45.0 Å². The van der Waals surface area contributed by atoms with Gasteiger partial charge in [0.1, 0.15) is 17.8 Å². The summed E-state index contributed by atoms with van der Waals surface area (Å²) in [5.41, 5.74) is 0.654. The molecule has 0 aliphatic heterocycles. The van der Waals surface area contributed by atoms with Crippen LogP contribution < -0.4 is 10.9 Å². The van der Waals surface area contributed by atoms with E-state index in [0.29, 0.717) is 33.5 Å². The third-order valence-electron chi connectivity index (χ3n) is 5.45. The number of rotatable bonds is 8. The summed E-state index contributed by atoms with van der Waals surface area (Å²) < 4.78 is 3.29. The SMILES string of the molecule is C=Cc1cc(=O)n(CC(=O)c2ccncn2)cc1-c1cc(NCc2ccc(Cl)s2)n(C(=O)C(C)(C)C)n1. The molecule has 0 aliphatic carbocycles. The Balaban J connectivity index is 1.74. The predicted octanol–water partition coefficient (Wildman–Crippen LogP) is 5.04. The van der Waals surface area contributed by atoms with Crippen molar-refractivity contribution in [2.24, 2.45) is 5.41 Å². The van der Waals surface area contributed by atoms with Gasteiger partial charge in [0.25, 0.3) is 11.5 Å². The van der Waals surface area contributed by atoms with Gasteiger partial charge in [-0.2, -0.15) is 9.78 Å². The van der Waals surface area contributed by atoms with Crippen LogP contribution in [0.4, 0.5) is 5.82 Å². The maximum atomic E-state index is 13.2. The van der Waals surface area contributed by atoms with Crippen molar-refractivity contribution in [2.75, 3.05) is 5.32 Å². The maximum absolute atomic E-state index is 13.2. The lowest BCUT2D eigenvalue weighted by molar-refractivity contribution is 0.0752. The zero-order chi connectivity index (χ0) is 26.7. The van der Waals surface area contributed by atoms with E-state index >= 15 is 0 Å². The highest BCUT2D eigenvalue weighted by Crippen LogP contribution is 2.29. The Bertz CT molecular complexity index is 1530. The molecule has 37 heavy (non-hydrogen) atoms. The molecule has 0 atom stereocenters. The number of nitrogens with zero attached hydrogens (tertiary/aromatic N) is 5. The summed E-state index contributed by atoms with van der Waals surface area (Å²) in [6.45, 7) is 9.49. The standard InChI is InChI=1S/C26H25ClN6O3S/c1-5-16-10-24(35)32(14-21(34)19-8-9-28-15-30-19)13-18(16)20-11-23(29-12-17-6-7-22(27)37-17)33(31-20)25(36)26(2,3)4/h5-11,13,15,29H,1,12,14H2,2-4H3. The monoisotopic (exact) mass is 536 g/mol. The molecule has 0 amide bonds. The molecule has 11 heteroatoms. The van der Waals surface area contributed by atoms with Crippen LogP contribution in [0.15, 0.2) is 60.4 Å². The molecule has 0 unspecified atom stereocenters. The molecule has 0 saturated heterocycles. The minimum atomic E-state index is -0.698. The van der Waals surface area contributed by atoms with Crippen LogP contribution in [0.25, 0.3) is 17.3 Å². The van der Waals surface area contributed by atoms with Crippen molar-refractivity contribution < 1.29 is 9.59 Å². The van der Waals surface area contributed by atoms with Crippen LogP contribution in [0.5, 0.6) is 0 Å². The number of aromatic nitrogens is 5. The molecule has 0 fully saturated rings. The minimum Gasteiger partial charge on any atom is -0.365 e. The second-order valence-corrected chi connectivity index (χ2v) is 11.1. The number of halogens is 1. The van der Waals surface area contributed by atoms with Crippen molar-refractivity contribution in [3.05, 3.63) is 86.5 Å². The number of carbonyl (C=O) groups excluding carboxylic acids is 2. The summed E-state index contributed by atoms with van der Waals surface area (Å²) in [4.78, 5) is 47.4. The van der Waals surface area contributed by atoms with E-state index in [-0.39, 0.29) is 29.5 Å². The molecule has 0 saturated carbocycles. The third kappa shape index (κ3) is 5.92. The number of carbonyl (C=O) groups is 2. The number of anilines is 1. The number of pyridine rings is 1. The van der Waals surface area contributed by atoms with Crippen molar-refractivity contribution in [3.8, 4) is 11.3 Å². The second-order valence-electron chi connectivity index (χ2n) is 9.27. The Kier molecular flexibility index (Phi) is 7.51. The van der Waals surface area contributed by atoms with Gasteiger partial charge in [-0.25, -0.2) is 9.97 Å². The quantitative estimate of drug-likeness (QED) is 0.314. The molecule has 4 rings (SSSR count). The van der Waals surface area contributed by atoms with E-state index < -0.39 is 5.41 Å². The first-order valence-corrected chi connectivity index (χ1v) is 12.6. The van der Waals surface area contributed by atoms with E-state index in [1.807, 2.05) is 32.9 Å². The van der Waals surface area contributed by atoms with Crippen LogP contribution in [-0.4, -0.2) is 36.0 Å². The fraction of sp³-hybridized carbons (Fsp3) is 0.231. The van der Waals surface area contributed by atoms with E-state index in [0.717, 1.165) is 4.88 Å². The molecule has 4 aromatic heterocycles. The molecule has 0 radical (unpaired) electrons. The predicted molar refractivity (Wildman–Crippen MR) is 145 cm³/mol. The van der Waals surface area contributed by atoms with Gasteiger partial charge in [-0.05, 0) is 23.8 Å². The lowest BCUT2D eigenvalue weighted by Gasteiger charge is -2.18. The molecular weight excluding hydrogens is 512 g/mol. The minimum absolute atomic E-state index is 0.205. The second kappa shape index (κ2) is 10.6. The van der Waals surface area contributed by atoms with Gasteiger partial charge in [0.15, 0.2) is 0 Å². The molecule has 190 valence electrons. The lowest BCUT2D eigenvalue weighted by atomic mass is 9.96. The number of ketones is 1. The van der Waals surface area contributed by atoms with Crippen LogP contribution in [0.1, 0.15) is 46.5 Å². The van der Waals surface area contributed by atoms with Crippen molar-refractivity contribution in [1.29, 1.82) is 0 Å². The van der Waals surface area contributed by atoms with Gasteiger partial charge >= 0.3 is 0 Å². The third-order valence-corrected chi connectivity index (χ3v) is 6.68. The summed E-state index contributed by atoms with van der Waals surface area (Å²) in [5, 5.41) is 7.87. The van der Waals surface area contributed by atoms with Crippen LogP contribution in [-0.2, 0) is 13.1 Å². The number of Topliss-reactive ketones (excluding diaryl/α,β-unsaturated/α-hetero) is 1. The maximum Gasteiger partial charge on any atom is 0.254 e. The average molecular weight is 537 g/mol. The van der Waals surface area contributed by atoms with Crippen LogP contribution in [0, 0.1) is 5.41 Å². The smallest absolute Gasteiger partial charge is 0.254 e. The molecule has 0 aliphatic rings. The Morgan fingerprint density at radius 2 is 2.00 bits per heavy atom. The van der Waals surface area contributed by atoms with Crippen molar-refractivity contribution in [1.82, 2.24) is 24.3 Å². The Hall–Kier alpha value is -3.89. The summed E-state index contributed by atoms with van der Waals surface area (Å²) in [6.07, 6.45) is 5.83. The number of hydrogen-bond acceptors (Lipinski definition) is 8.